The second-order valence-electron chi connectivity index (χ2n) is 5.35. The molecule has 0 radical (unpaired) electrons. The molecular formula is C13H27NOS. The first-order valence-corrected chi connectivity index (χ1v) is 8.09. The Kier molecular flexibility index (Phi) is 5.98. The average molecular weight is 245 g/mol. The molecule has 2 N–H and O–H groups in total. The zero-order chi connectivity index (χ0) is 12.1. The minimum Gasteiger partial charge on any atom is -0.327 e. The molecule has 0 saturated heterocycles. The second kappa shape index (κ2) is 6.75. The van der Waals surface area contributed by atoms with Gasteiger partial charge in [-0.15, -0.1) is 0 Å². The van der Waals surface area contributed by atoms with E-state index >= 15 is 0 Å². The van der Waals surface area contributed by atoms with Crippen LogP contribution in [0.1, 0.15) is 52.9 Å². The van der Waals surface area contributed by atoms with Crippen molar-refractivity contribution in [1.82, 2.24) is 0 Å². The maximum Gasteiger partial charge on any atom is 0.0501 e. The molecule has 0 heterocycles. The zero-order valence-corrected chi connectivity index (χ0v) is 11.8. The van der Waals surface area contributed by atoms with Gasteiger partial charge in [0.2, 0.25) is 0 Å². The lowest BCUT2D eigenvalue weighted by atomic mass is 9.84. The van der Waals surface area contributed by atoms with E-state index < -0.39 is 10.8 Å². The molecule has 5 unspecified atom stereocenters. The highest BCUT2D eigenvalue weighted by Crippen LogP contribution is 2.29. The number of rotatable bonds is 5. The van der Waals surface area contributed by atoms with Crippen molar-refractivity contribution in [2.75, 3.05) is 5.75 Å². The monoisotopic (exact) mass is 245 g/mol. The van der Waals surface area contributed by atoms with Crippen LogP contribution in [0.2, 0.25) is 0 Å². The highest BCUT2D eigenvalue weighted by molar-refractivity contribution is 7.85. The molecule has 0 amide bonds. The van der Waals surface area contributed by atoms with E-state index in [1.54, 1.807) is 0 Å². The van der Waals surface area contributed by atoms with Crippen molar-refractivity contribution in [3.63, 3.8) is 0 Å². The SMILES string of the molecule is CCC(C)CS(=O)C1CC(CC)CCC1N. The Balaban J connectivity index is 2.51. The molecule has 5 atom stereocenters. The van der Waals surface area contributed by atoms with Crippen LogP contribution in [0.25, 0.3) is 0 Å². The third-order valence-electron chi connectivity index (χ3n) is 4.01. The molecule has 3 heteroatoms. The van der Waals surface area contributed by atoms with Crippen LogP contribution in [-0.4, -0.2) is 21.3 Å². The van der Waals surface area contributed by atoms with Gasteiger partial charge in [0.15, 0.2) is 0 Å². The highest BCUT2D eigenvalue weighted by atomic mass is 32.2. The predicted molar refractivity (Wildman–Crippen MR) is 71.9 cm³/mol. The molecule has 2 nitrogen and oxygen atoms in total. The zero-order valence-electron chi connectivity index (χ0n) is 10.9. The van der Waals surface area contributed by atoms with E-state index in [0.29, 0.717) is 5.92 Å². The van der Waals surface area contributed by atoms with Crippen LogP contribution >= 0.6 is 0 Å². The molecule has 96 valence electrons. The van der Waals surface area contributed by atoms with Gasteiger partial charge in [-0.1, -0.05) is 33.6 Å². The molecule has 1 aliphatic rings. The van der Waals surface area contributed by atoms with Gasteiger partial charge in [0.25, 0.3) is 0 Å². The molecule has 1 saturated carbocycles. The van der Waals surface area contributed by atoms with E-state index in [1.165, 1.54) is 12.8 Å². The van der Waals surface area contributed by atoms with Crippen LogP contribution in [0.15, 0.2) is 0 Å². The maximum absolute atomic E-state index is 12.3. The standard InChI is InChI=1S/C13H27NOS/c1-4-10(3)9-16(15)13-8-11(5-2)6-7-12(13)14/h10-13H,4-9,14H2,1-3H3. The van der Waals surface area contributed by atoms with Gasteiger partial charge >= 0.3 is 0 Å². The van der Waals surface area contributed by atoms with Crippen molar-refractivity contribution >= 4 is 10.8 Å². The Morgan fingerprint density at radius 2 is 2.06 bits per heavy atom. The Morgan fingerprint density at radius 1 is 1.38 bits per heavy atom. The Bertz CT molecular complexity index is 232. The van der Waals surface area contributed by atoms with Gasteiger partial charge in [-0.25, -0.2) is 0 Å². The molecule has 0 spiro atoms. The molecule has 0 aromatic carbocycles. The third-order valence-corrected chi connectivity index (χ3v) is 6.13. The summed E-state index contributed by atoms with van der Waals surface area (Å²) in [4.78, 5) is 0. The topological polar surface area (TPSA) is 43.1 Å². The van der Waals surface area contributed by atoms with Crippen LogP contribution in [0.3, 0.4) is 0 Å². The van der Waals surface area contributed by atoms with Crippen molar-refractivity contribution in [3.8, 4) is 0 Å². The molecule has 1 rings (SSSR count). The van der Waals surface area contributed by atoms with E-state index in [2.05, 4.69) is 20.8 Å². The summed E-state index contributed by atoms with van der Waals surface area (Å²) in [7, 11) is -0.714. The first kappa shape index (κ1) is 14.2. The molecule has 0 aromatic rings. The highest BCUT2D eigenvalue weighted by Gasteiger charge is 2.31. The molecule has 0 aromatic heterocycles. The molecule has 0 bridgehead atoms. The minimum absolute atomic E-state index is 0.174. The lowest BCUT2D eigenvalue weighted by Crippen LogP contribution is -2.44. The Hall–Kier alpha value is 0.110. The van der Waals surface area contributed by atoms with Gasteiger partial charge in [0.1, 0.15) is 0 Å². The van der Waals surface area contributed by atoms with Crippen molar-refractivity contribution in [1.29, 1.82) is 0 Å². The van der Waals surface area contributed by atoms with Gasteiger partial charge in [0.05, 0.1) is 5.25 Å². The van der Waals surface area contributed by atoms with Crippen molar-refractivity contribution < 1.29 is 4.21 Å². The molecule has 16 heavy (non-hydrogen) atoms. The normalized spacial score (nSPS) is 34.6. The summed E-state index contributed by atoms with van der Waals surface area (Å²) in [5.74, 6) is 2.16. The van der Waals surface area contributed by atoms with Gasteiger partial charge in [-0.05, 0) is 31.1 Å². The lowest BCUT2D eigenvalue weighted by Gasteiger charge is -2.33. The minimum atomic E-state index is -0.714. The van der Waals surface area contributed by atoms with Crippen LogP contribution < -0.4 is 5.73 Å². The van der Waals surface area contributed by atoms with E-state index in [9.17, 15) is 4.21 Å². The summed E-state index contributed by atoms with van der Waals surface area (Å²) < 4.78 is 12.3. The summed E-state index contributed by atoms with van der Waals surface area (Å²) in [5.41, 5.74) is 6.12. The van der Waals surface area contributed by atoms with E-state index in [4.69, 9.17) is 5.73 Å². The summed E-state index contributed by atoms with van der Waals surface area (Å²) in [6, 6.07) is 0.174. The molecule has 0 aliphatic heterocycles. The fourth-order valence-electron chi connectivity index (χ4n) is 2.43. The third kappa shape index (κ3) is 3.85. The summed E-state index contributed by atoms with van der Waals surface area (Å²) in [6.45, 7) is 6.58. The van der Waals surface area contributed by atoms with Gasteiger partial charge in [0, 0.05) is 22.6 Å². The van der Waals surface area contributed by atoms with Gasteiger partial charge < -0.3 is 5.73 Å². The van der Waals surface area contributed by atoms with Crippen molar-refractivity contribution in [2.45, 2.75) is 64.2 Å². The fraction of sp³-hybridized carbons (Fsp3) is 1.00. The smallest absolute Gasteiger partial charge is 0.0501 e. The quantitative estimate of drug-likeness (QED) is 0.809. The predicted octanol–water partition coefficient (Wildman–Crippen LogP) is 2.69. The second-order valence-corrected chi connectivity index (χ2v) is 7.05. The van der Waals surface area contributed by atoms with Crippen molar-refractivity contribution in [2.24, 2.45) is 17.6 Å². The number of hydrogen-bond acceptors (Lipinski definition) is 2. The summed E-state index contributed by atoms with van der Waals surface area (Å²) in [5, 5.41) is 0.257. The van der Waals surface area contributed by atoms with Crippen LogP contribution in [-0.2, 0) is 10.8 Å². The molecular weight excluding hydrogens is 218 g/mol. The van der Waals surface area contributed by atoms with E-state index in [1.807, 2.05) is 0 Å². The van der Waals surface area contributed by atoms with Crippen LogP contribution in [0, 0.1) is 11.8 Å². The average Bonchev–Trinajstić information content (AvgIpc) is 2.29. The Labute approximate surface area is 103 Å². The van der Waals surface area contributed by atoms with Crippen LogP contribution in [0.4, 0.5) is 0 Å². The van der Waals surface area contributed by atoms with Crippen molar-refractivity contribution in [3.05, 3.63) is 0 Å². The lowest BCUT2D eigenvalue weighted by molar-refractivity contribution is 0.323. The fourth-order valence-corrected chi connectivity index (χ4v) is 4.49. The van der Waals surface area contributed by atoms with Gasteiger partial charge in [-0.2, -0.15) is 0 Å². The Morgan fingerprint density at radius 3 is 2.62 bits per heavy atom. The number of hydrogen-bond donors (Lipinski definition) is 1. The van der Waals surface area contributed by atoms with Crippen LogP contribution in [0.5, 0.6) is 0 Å². The number of nitrogens with two attached hydrogens (primary N) is 1. The van der Waals surface area contributed by atoms with E-state index in [0.717, 1.165) is 30.9 Å². The summed E-state index contributed by atoms with van der Waals surface area (Å²) in [6.07, 6.45) is 5.71. The van der Waals surface area contributed by atoms with E-state index in [-0.39, 0.29) is 11.3 Å². The maximum atomic E-state index is 12.3. The van der Waals surface area contributed by atoms with Gasteiger partial charge in [-0.3, -0.25) is 4.21 Å². The molecule has 1 aliphatic carbocycles. The molecule has 1 fully saturated rings. The first-order chi connectivity index (χ1) is 7.58. The summed E-state index contributed by atoms with van der Waals surface area (Å²) >= 11 is 0. The first-order valence-electron chi connectivity index (χ1n) is 6.71. The largest absolute Gasteiger partial charge is 0.327 e.